The number of halogens is 1. The van der Waals surface area contributed by atoms with E-state index >= 15 is 0 Å². The third kappa shape index (κ3) is 4.72. The maximum absolute atomic E-state index is 13.4. The SMILES string of the molecule is COc1ccc(C(CNc2ccc(F)cc2[N+](=O)[O-])N2CCOCC2)cc1. The summed E-state index contributed by atoms with van der Waals surface area (Å²) in [7, 11) is 1.61. The minimum atomic E-state index is -0.632. The van der Waals surface area contributed by atoms with Gasteiger partial charge in [0.05, 0.1) is 37.4 Å². The first-order valence-corrected chi connectivity index (χ1v) is 8.72. The van der Waals surface area contributed by atoms with Crippen LogP contribution in [0.2, 0.25) is 0 Å². The van der Waals surface area contributed by atoms with Crippen LogP contribution in [0.5, 0.6) is 5.75 Å². The second-order valence-electron chi connectivity index (χ2n) is 6.24. The van der Waals surface area contributed by atoms with Gasteiger partial charge in [-0.15, -0.1) is 0 Å². The average molecular weight is 375 g/mol. The van der Waals surface area contributed by atoms with Gasteiger partial charge >= 0.3 is 0 Å². The maximum atomic E-state index is 13.4. The lowest BCUT2D eigenvalue weighted by atomic mass is 10.0. The van der Waals surface area contributed by atoms with Gasteiger partial charge < -0.3 is 14.8 Å². The van der Waals surface area contributed by atoms with Gasteiger partial charge in [0.15, 0.2) is 0 Å². The largest absolute Gasteiger partial charge is 0.497 e. The monoisotopic (exact) mass is 375 g/mol. The van der Waals surface area contributed by atoms with Crippen molar-refractivity contribution in [3.05, 3.63) is 64.0 Å². The molecule has 0 aliphatic carbocycles. The zero-order valence-electron chi connectivity index (χ0n) is 15.1. The summed E-state index contributed by atoms with van der Waals surface area (Å²) < 4.78 is 24.0. The number of hydrogen-bond donors (Lipinski definition) is 1. The molecule has 3 rings (SSSR count). The molecule has 0 amide bonds. The van der Waals surface area contributed by atoms with Gasteiger partial charge in [-0.05, 0) is 29.8 Å². The molecule has 1 unspecified atom stereocenters. The number of ether oxygens (including phenoxy) is 2. The fourth-order valence-corrected chi connectivity index (χ4v) is 3.18. The minimum Gasteiger partial charge on any atom is -0.497 e. The second kappa shape index (κ2) is 8.79. The summed E-state index contributed by atoms with van der Waals surface area (Å²) in [5, 5.41) is 14.3. The minimum absolute atomic E-state index is 0.00976. The molecule has 2 aromatic rings. The van der Waals surface area contributed by atoms with Gasteiger partial charge in [-0.25, -0.2) is 4.39 Å². The van der Waals surface area contributed by atoms with E-state index in [0.29, 0.717) is 25.4 Å². The summed E-state index contributed by atoms with van der Waals surface area (Å²) in [6, 6.07) is 11.3. The van der Waals surface area contributed by atoms with Crippen LogP contribution in [-0.2, 0) is 4.74 Å². The van der Waals surface area contributed by atoms with Gasteiger partial charge in [-0.1, -0.05) is 12.1 Å². The van der Waals surface area contributed by atoms with Crippen LogP contribution in [0.1, 0.15) is 11.6 Å². The Bertz CT molecular complexity index is 779. The van der Waals surface area contributed by atoms with E-state index in [1.54, 1.807) is 7.11 Å². The molecule has 1 heterocycles. The van der Waals surface area contributed by atoms with Crippen molar-refractivity contribution in [2.45, 2.75) is 6.04 Å². The molecule has 0 spiro atoms. The molecular weight excluding hydrogens is 353 g/mol. The van der Waals surface area contributed by atoms with Gasteiger partial charge in [0, 0.05) is 19.6 Å². The van der Waals surface area contributed by atoms with E-state index in [2.05, 4.69) is 10.2 Å². The van der Waals surface area contributed by atoms with Crippen LogP contribution in [0, 0.1) is 15.9 Å². The Morgan fingerprint density at radius 3 is 2.59 bits per heavy atom. The quantitative estimate of drug-likeness (QED) is 0.591. The molecule has 1 aliphatic heterocycles. The molecule has 0 aromatic heterocycles. The standard InChI is InChI=1S/C19H22FN3O4/c1-26-16-5-2-14(3-6-16)19(22-8-10-27-11-9-22)13-21-17-7-4-15(20)12-18(17)23(24)25/h2-7,12,19,21H,8-11,13H2,1H3. The molecular formula is C19H22FN3O4. The van der Waals surface area contributed by atoms with Crippen molar-refractivity contribution < 1.29 is 18.8 Å². The number of nitro groups is 1. The van der Waals surface area contributed by atoms with Crippen LogP contribution in [0.15, 0.2) is 42.5 Å². The Hall–Kier alpha value is -2.71. The molecule has 1 N–H and O–H groups in total. The Morgan fingerprint density at radius 1 is 1.26 bits per heavy atom. The van der Waals surface area contributed by atoms with Crippen LogP contribution in [0.4, 0.5) is 15.8 Å². The van der Waals surface area contributed by atoms with Gasteiger partial charge in [-0.3, -0.25) is 15.0 Å². The van der Waals surface area contributed by atoms with Crippen molar-refractivity contribution in [2.24, 2.45) is 0 Å². The lowest BCUT2D eigenvalue weighted by Crippen LogP contribution is -2.41. The molecule has 2 aromatic carbocycles. The van der Waals surface area contributed by atoms with Crippen molar-refractivity contribution in [1.82, 2.24) is 4.90 Å². The van der Waals surface area contributed by atoms with E-state index < -0.39 is 10.7 Å². The topological polar surface area (TPSA) is 76.9 Å². The molecule has 27 heavy (non-hydrogen) atoms. The number of rotatable bonds is 7. The summed E-state index contributed by atoms with van der Waals surface area (Å²) in [4.78, 5) is 12.9. The van der Waals surface area contributed by atoms with Crippen molar-refractivity contribution >= 4 is 11.4 Å². The number of nitrogens with zero attached hydrogens (tertiary/aromatic N) is 2. The van der Waals surface area contributed by atoms with E-state index in [0.717, 1.165) is 30.5 Å². The Kier molecular flexibility index (Phi) is 6.20. The molecule has 1 fully saturated rings. The molecule has 1 saturated heterocycles. The van der Waals surface area contributed by atoms with Gasteiger partial charge in [-0.2, -0.15) is 0 Å². The van der Waals surface area contributed by atoms with Crippen LogP contribution in [-0.4, -0.2) is 49.8 Å². The number of hydrogen-bond acceptors (Lipinski definition) is 6. The second-order valence-corrected chi connectivity index (χ2v) is 6.24. The summed E-state index contributed by atoms with van der Waals surface area (Å²) in [5.41, 5.74) is 1.09. The predicted molar refractivity (Wildman–Crippen MR) is 99.7 cm³/mol. The number of methoxy groups -OCH3 is 1. The highest BCUT2D eigenvalue weighted by atomic mass is 19.1. The van der Waals surface area contributed by atoms with E-state index in [1.165, 1.54) is 12.1 Å². The number of benzene rings is 2. The molecule has 0 bridgehead atoms. The maximum Gasteiger partial charge on any atom is 0.295 e. The van der Waals surface area contributed by atoms with Crippen LogP contribution in [0.3, 0.4) is 0 Å². The van der Waals surface area contributed by atoms with E-state index in [9.17, 15) is 14.5 Å². The molecule has 7 nitrogen and oxygen atoms in total. The third-order valence-electron chi connectivity index (χ3n) is 4.63. The summed E-state index contributed by atoms with van der Waals surface area (Å²) in [6.45, 7) is 3.26. The van der Waals surface area contributed by atoms with E-state index in [-0.39, 0.29) is 11.7 Å². The first kappa shape index (κ1) is 19.1. The average Bonchev–Trinajstić information content (AvgIpc) is 2.70. The lowest BCUT2D eigenvalue weighted by molar-refractivity contribution is -0.384. The zero-order chi connectivity index (χ0) is 19.2. The van der Waals surface area contributed by atoms with Crippen molar-refractivity contribution in [3.63, 3.8) is 0 Å². The molecule has 1 aliphatic rings. The number of nitrogens with one attached hydrogen (secondary N) is 1. The predicted octanol–water partition coefficient (Wildman–Crippen LogP) is 3.23. The summed E-state index contributed by atoms with van der Waals surface area (Å²) >= 11 is 0. The fraction of sp³-hybridized carbons (Fsp3) is 0.368. The number of anilines is 1. The number of morpholine rings is 1. The van der Waals surface area contributed by atoms with Crippen LogP contribution in [0.25, 0.3) is 0 Å². The first-order chi connectivity index (χ1) is 13.1. The third-order valence-corrected chi connectivity index (χ3v) is 4.63. The highest BCUT2D eigenvalue weighted by Crippen LogP contribution is 2.28. The summed E-state index contributed by atoms with van der Waals surface area (Å²) in [5.74, 6) is 0.133. The van der Waals surface area contributed by atoms with E-state index in [4.69, 9.17) is 9.47 Å². The summed E-state index contributed by atoms with van der Waals surface area (Å²) in [6.07, 6.45) is 0. The van der Waals surface area contributed by atoms with Crippen molar-refractivity contribution in [1.29, 1.82) is 0 Å². The molecule has 0 saturated carbocycles. The molecule has 8 heteroatoms. The molecule has 144 valence electrons. The van der Waals surface area contributed by atoms with Crippen LogP contribution >= 0.6 is 0 Å². The van der Waals surface area contributed by atoms with Crippen molar-refractivity contribution in [3.8, 4) is 5.75 Å². The van der Waals surface area contributed by atoms with Gasteiger partial charge in [0.25, 0.3) is 5.69 Å². The zero-order valence-corrected chi connectivity index (χ0v) is 15.1. The fourth-order valence-electron chi connectivity index (χ4n) is 3.18. The smallest absolute Gasteiger partial charge is 0.295 e. The Labute approximate surface area is 156 Å². The van der Waals surface area contributed by atoms with Gasteiger partial charge in [0.2, 0.25) is 0 Å². The highest BCUT2D eigenvalue weighted by Gasteiger charge is 2.24. The first-order valence-electron chi connectivity index (χ1n) is 8.72. The van der Waals surface area contributed by atoms with Gasteiger partial charge in [0.1, 0.15) is 17.3 Å². The molecule has 1 atom stereocenters. The number of nitro benzene ring substituents is 1. The molecule has 0 radical (unpaired) electrons. The van der Waals surface area contributed by atoms with E-state index in [1.807, 2.05) is 24.3 Å². The van der Waals surface area contributed by atoms with Crippen molar-refractivity contribution in [2.75, 3.05) is 45.3 Å². The highest BCUT2D eigenvalue weighted by molar-refractivity contribution is 5.61. The normalized spacial score (nSPS) is 15.9. The lowest BCUT2D eigenvalue weighted by Gasteiger charge is -2.35. The Balaban J connectivity index is 1.82. The van der Waals surface area contributed by atoms with Crippen LogP contribution < -0.4 is 10.1 Å². The Morgan fingerprint density at radius 2 is 1.96 bits per heavy atom.